The molecule has 0 radical (unpaired) electrons. The lowest BCUT2D eigenvalue weighted by Gasteiger charge is -2.14. The lowest BCUT2D eigenvalue weighted by molar-refractivity contribution is 0.444. The minimum Gasteiger partial charge on any atom is -0.237 e. The predicted molar refractivity (Wildman–Crippen MR) is 88.7 cm³/mol. The van der Waals surface area contributed by atoms with Gasteiger partial charge in [0.05, 0.1) is 18.1 Å². The first kappa shape index (κ1) is 18.0. The Kier molecular flexibility index (Phi) is 4.91. The maximum Gasteiger partial charge on any atom is 0.243 e. The minimum absolute atomic E-state index is 0.0492. The standard InChI is InChI=1S/C14H17FN4O4S2/c15-13-4-1-2-5-14(13)19-11-12(10-16-19)25(22,23)17-6-8-18-7-3-9-24(18,20)21/h1-2,4-5,10-11,17H,3,6-9H2. The van der Waals surface area contributed by atoms with E-state index >= 15 is 0 Å². The molecule has 0 bridgehead atoms. The molecule has 1 aromatic carbocycles. The van der Waals surface area contributed by atoms with Crippen LogP contribution in [0.4, 0.5) is 4.39 Å². The number of nitrogens with zero attached hydrogens (tertiary/aromatic N) is 3. The van der Waals surface area contributed by atoms with Gasteiger partial charge in [0.25, 0.3) is 0 Å². The quantitative estimate of drug-likeness (QED) is 0.768. The molecule has 2 aromatic rings. The third-order valence-electron chi connectivity index (χ3n) is 3.82. The van der Waals surface area contributed by atoms with E-state index in [4.69, 9.17) is 0 Å². The number of rotatable bonds is 6. The number of hydrogen-bond donors (Lipinski definition) is 1. The molecule has 1 aliphatic rings. The summed E-state index contributed by atoms with van der Waals surface area (Å²) in [6.45, 7) is 0.421. The van der Waals surface area contributed by atoms with Gasteiger partial charge in [-0.1, -0.05) is 12.1 Å². The molecule has 136 valence electrons. The lowest BCUT2D eigenvalue weighted by Crippen LogP contribution is -2.35. The number of para-hydroxylation sites is 1. The van der Waals surface area contributed by atoms with E-state index in [1.54, 1.807) is 6.07 Å². The van der Waals surface area contributed by atoms with Crippen LogP contribution in [0.1, 0.15) is 6.42 Å². The third kappa shape index (κ3) is 3.89. The van der Waals surface area contributed by atoms with E-state index < -0.39 is 25.9 Å². The number of sulfonamides is 2. The van der Waals surface area contributed by atoms with Crippen LogP contribution in [0.15, 0.2) is 41.6 Å². The van der Waals surface area contributed by atoms with Crippen LogP contribution in [-0.4, -0.2) is 56.3 Å². The highest BCUT2D eigenvalue weighted by Gasteiger charge is 2.28. The largest absolute Gasteiger partial charge is 0.243 e. The first-order valence-electron chi connectivity index (χ1n) is 7.57. The highest BCUT2D eigenvalue weighted by atomic mass is 32.2. The summed E-state index contributed by atoms with van der Waals surface area (Å²) < 4.78 is 66.4. The van der Waals surface area contributed by atoms with Gasteiger partial charge in [0, 0.05) is 19.6 Å². The van der Waals surface area contributed by atoms with Crippen molar-refractivity contribution in [1.29, 1.82) is 0 Å². The van der Waals surface area contributed by atoms with Gasteiger partial charge in [-0.05, 0) is 18.6 Å². The van der Waals surface area contributed by atoms with Crippen molar-refractivity contribution in [3.05, 3.63) is 42.5 Å². The molecule has 11 heteroatoms. The van der Waals surface area contributed by atoms with Crippen molar-refractivity contribution in [3.8, 4) is 5.69 Å². The summed E-state index contributed by atoms with van der Waals surface area (Å²) in [5.41, 5.74) is 0.132. The fourth-order valence-electron chi connectivity index (χ4n) is 2.54. The van der Waals surface area contributed by atoms with E-state index in [0.29, 0.717) is 13.0 Å². The Bertz CT molecular complexity index is 972. The first-order chi connectivity index (χ1) is 11.8. The van der Waals surface area contributed by atoms with Crippen LogP contribution in [-0.2, 0) is 20.0 Å². The molecule has 25 heavy (non-hydrogen) atoms. The topological polar surface area (TPSA) is 101 Å². The van der Waals surface area contributed by atoms with Crippen LogP contribution in [0.2, 0.25) is 0 Å². The maximum atomic E-state index is 13.7. The van der Waals surface area contributed by atoms with Crippen molar-refractivity contribution >= 4 is 20.0 Å². The van der Waals surface area contributed by atoms with E-state index in [0.717, 1.165) is 10.9 Å². The van der Waals surface area contributed by atoms with E-state index in [1.165, 1.54) is 28.7 Å². The Morgan fingerprint density at radius 3 is 2.72 bits per heavy atom. The summed E-state index contributed by atoms with van der Waals surface area (Å²) in [7, 11) is -7.13. The molecule has 2 heterocycles. The number of hydrogen-bond acceptors (Lipinski definition) is 5. The number of halogens is 1. The molecular weight excluding hydrogens is 371 g/mol. The zero-order valence-corrected chi connectivity index (χ0v) is 14.8. The highest BCUT2D eigenvalue weighted by Crippen LogP contribution is 2.15. The molecule has 8 nitrogen and oxygen atoms in total. The summed E-state index contributed by atoms with van der Waals surface area (Å²) in [5.74, 6) is -0.434. The molecule has 3 rings (SSSR count). The van der Waals surface area contributed by atoms with Crippen molar-refractivity contribution in [3.63, 3.8) is 0 Å². The summed E-state index contributed by atoms with van der Waals surface area (Å²) >= 11 is 0. The molecule has 0 atom stereocenters. The second-order valence-electron chi connectivity index (χ2n) is 5.54. The maximum absolute atomic E-state index is 13.7. The monoisotopic (exact) mass is 388 g/mol. The molecule has 0 aliphatic carbocycles. The van der Waals surface area contributed by atoms with Crippen LogP contribution in [0.25, 0.3) is 5.69 Å². The van der Waals surface area contributed by atoms with Crippen molar-refractivity contribution in [2.45, 2.75) is 11.3 Å². The van der Waals surface area contributed by atoms with Gasteiger partial charge >= 0.3 is 0 Å². The Hall–Kier alpha value is -1.82. The van der Waals surface area contributed by atoms with Crippen LogP contribution in [0.3, 0.4) is 0 Å². The molecule has 0 amide bonds. The van der Waals surface area contributed by atoms with Gasteiger partial charge in [0.2, 0.25) is 20.0 Å². The third-order valence-corrected chi connectivity index (χ3v) is 7.20. The zero-order valence-electron chi connectivity index (χ0n) is 13.2. The summed E-state index contributed by atoms with van der Waals surface area (Å²) in [4.78, 5) is -0.125. The predicted octanol–water partition coefficient (Wildman–Crippen LogP) is 0.325. The Morgan fingerprint density at radius 2 is 2.04 bits per heavy atom. The average molecular weight is 388 g/mol. The Labute approximate surface area is 145 Å². The molecule has 0 saturated carbocycles. The summed E-state index contributed by atoms with van der Waals surface area (Å²) in [5, 5.41) is 3.87. The highest BCUT2D eigenvalue weighted by molar-refractivity contribution is 7.89. The van der Waals surface area contributed by atoms with Crippen LogP contribution in [0.5, 0.6) is 0 Å². The fourth-order valence-corrected chi connectivity index (χ4v) is 5.02. The molecule has 1 N–H and O–H groups in total. The average Bonchev–Trinajstić information content (AvgIpc) is 3.15. The van der Waals surface area contributed by atoms with E-state index in [9.17, 15) is 21.2 Å². The van der Waals surface area contributed by atoms with Crippen molar-refractivity contribution < 1.29 is 21.2 Å². The lowest BCUT2D eigenvalue weighted by atomic mass is 10.3. The Balaban J connectivity index is 1.68. The van der Waals surface area contributed by atoms with Gasteiger partial charge in [-0.2, -0.15) is 5.10 Å². The molecule has 1 fully saturated rings. The molecular formula is C14H17FN4O4S2. The van der Waals surface area contributed by atoms with E-state index in [-0.39, 0.29) is 29.4 Å². The fraction of sp³-hybridized carbons (Fsp3) is 0.357. The molecule has 1 aliphatic heterocycles. The van der Waals surface area contributed by atoms with Crippen molar-refractivity contribution in [2.75, 3.05) is 25.4 Å². The summed E-state index contributed by atoms with van der Waals surface area (Å²) in [6, 6.07) is 5.86. The van der Waals surface area contributed by atoms with Crippen LogP contribution < -0.4 is 4.72 Å². The van der Waals surface area contributed by atoms with Gasteiger partial charge in [0.15, 0.2) is 0 Å². The normalized spacial score (nSPS) is 17.8. The molecule has 0 spiro atoms. The number of aromatic nitrogens is 2. The van der Waals surface area contributed by atoms with E-state index in [1.807, 2.05) is 0 Å². The molecule has 0 unspecified atom stereocenters. The summed E-state index contributed by atoms with van der Waals surface area (Å²) in [6.07, 6.45) is 2.86. The molecule has 1 aromatic heterocycles. The second-order valence-corrected chi connectivity index (χ2v) is 9.39. The van der Waals surface area contributed by atoms with Gasteiger partial charge in [-0.25, -0.2) is 34.9 Å². The van der Waals surface area contributed by atoms with Crippen molar-refractivity contribution in [1.82, 2.24) is 18.8 Å². The van der Waals surface area contributed by atoms with Crippen LogP contribution >= 0.6 is 0 Å². The first-order valence-corrected chi connectivity index (χ1v) is 10.7. The number of benzene rings is 1. The minimum atomic E-state index is -3.87. The van der Waals surface area contributed by atoms with Gasteiger partial charge < -0.3 is 0 Å². The van der Waals surface area contributed by atoms with Crippen LogP contribution in [0, 0.1) is 5.82 Å². The van der Waals surface area contributed by atoms with Crippen molar-refractivity contribution in [2.24, 2.45) is 0 Å². The van der Waals surface area contributed by atoms with E-state index in [2.05, 4.69) is 9.82 Å². The number of nitrogens with one attached hydrogen (secondary N) is 1. The smallest absolute Gasteiger partial charge is 0.237 e. The second kappa shape index (κ2) is 6.83. The zero-order chi connectivity index (χ0) is 18.1. The van der Waals surface area contributed by atoms with Gasteiger partial charge in [-0.15, -0.1) is 0 Å². The SMILES string of the molecule is O=S(=O)(NCCN1CCCS1(=O)=O)c1cnn(-c2ccccc2F)c1. The Morgan fingerprint density at radius 1 is 1.28 bits per heavy atom. The van der Waals surface area contributed by atoms with Gasteiger partial charge in [-0.3, -0.25) is 0 Å². The van der Waals surface area contributed by atoms with Gasteiger partial charge in [0.1, 0.15) is 16.4 Å². The molecule has 1 saturated heterocycles.